The lowest BCUT2D eigenvalue weighted by molar-refractivity contribution is 0.132. The van der Waals surface area contributed by atoms with Crippen molar-refractivity contribution in [1.82, 2.24) is 10.2 Å². The standard InChI is InChI=1S/C12H22N2/c1-3-7-14-11-5-6-12(14)9-10(8-11)13-4-2/h3,10-13H,1,4-9H2,2H3. The lowest BCUT2D eigenvalue weighted by Crippen LogP contribution is -2.48. The molecular formula is C12H22N2. The lowest BCUT2D eigenvalue weighted by Gasteiger charge is -2.38. The quantitative estimate of drug-likeness (QED) is 0.686. The summed E-state index contributed by atoms with van der Waals surface area (Å²) in [5.41, 5.74) is 0. The highest BCUT2D eigenvalue weighted by Crippen LogP contribution is 2.35. The molecule has 0 aromatic heterocycles. The van der Waals surface area contributed by atoms with Crippen LogP contribution in [0.5, 0.6) is 0 Å². The van der Waals surface area contributed by atoms with Crippen LogP contribution in [0.3, 0.4) is 0 Å². The van der Waals surface area contributed by atoms with Crippen molar-refractivity contribution in [2.45, 2.75) is 50.7 Å². The fourth-order valence-corrected chi connectivity index (χ4v) is 3.18. The molecule has 2 bridgehead atoms. The molecule has 0 radical (unpaired) electrons. The van der Waals surface area contributed by atoms with E-state index in [2.05, 4.69) is 29.8 Å². The van der Waals surface area contributed by atoms with E-state index >= 15 is 0 Å². The molecule has 14 heavy (non-hydrogen) atoms. The minimum atomic E-state index is 0.776. The molecule has 1 N–H and O–H groups in total. The maximum absolute atomic E-state index is 3.85. The van der Waals surface area contributed by atoms with E-state index in [4.69, 9.17) is 0 Å². The molecule has 0 aliphatic carbocycles. The van der Waals surface area contributed by atoms with Crippen molar-refractivity contribution in [3.05, 3.63) is 12.7 Å². The van der Waals surface area contributed by atoms with E-state index in [-0.39, 0.29) is 0 Å². The van der Waals surface area contributed by atoms with Gasteiger partial charge in [0.25, 0.3) is 0 Å². The highest BCUT2D eigenvalue weighted by molar-refractivity contribution is 4.99. The van der Waals surface area contributed by atoms with Crippen LogP contribution in [0, 0.1) is 0 Å². The number of nitrogens with one attached hydrogen (secondary N) is 1. The van der Waals surface area contributed by atoms with Gasteiger partial charge < -0.3 is 5.32 Å². The van der Waals surface area contributed by atoms with E-state index in [0.717, 1.165) is 31.2 Å². The molecule has 80 valence electrons. The lowest BCUT2D eigenvalue weighted by atomic mass is 9.97. The summed E-state index contributed by atoms with van der Waals surface area (Å²) >= 11 is 0. The molecule has 2 aliphatic rings. The molecule has 2 atom stereocenters. The van der Waals surface area contributed by atoms with Gasteiger partial charge >= 0.3 is 0 Å². The van der Waals surface area contributed by atoms with Gasteiger partial charge in [-0.05, 0) is 32.2 Å². The molecule has 0 amide bonds. The number of nitrogens with zero attached hydrogens (tertiary/aromatic N) is 1. The molecule has 2 heteroatoms. The van der Waals surface area contributed by atoms with Crippen molar-refractivity contribution in [2.75, 3.05) is 13.1 Å². The third kappa shape index (κ3) is 1.86. The molecule has 2 unspecified atom stereocenters. The zero-order valence-corrected chi connectivity index (χ0v) is 9.21. The van der Waals surface area contributed by atoms with Crippen molar-refractivity contribution in [3.63, 3.8) is 0 Å². The van der Waals surface area contributed by atoms with Crippen LogP contribution in [0.25, 0.3) is 0 Å². The van der Waals surface area contributed by atoms with Gasteiger partial charge in [0.05, 0.1) is 0 Å². The molecule has 0 spiro atoms. The van der Waals surface area contributed by atoms with E-state index in [9.17, 15) is 0 Å². The highest BCUT2D eigenvalue weighted by Gasteiger charge is 2.39. The van der Waals surface area contributed by atoms with Crippen LogP contribution in [0.2, 0.25) is 0 Å². The molecule has 2 fully saturated rings. The van der Waals surface area contributed by atoms with Gasteiger partial charge in [-0.15, -0.1) is 6.58 Å². The Morgan fingerprint density at radius 3 is 2.50 bits per heavy atom. The summed E-state index contributed by atoms with van der Waals surface area (Å²) in [6.45, 7) is 8.26. The second-order valence-corrected chi connectivity index (χ2v) is 4.60. The predicted octanol–water partition coefficient (Wildman–Crippen LogP) is 1.78. The van der Waals surface area contributed by atoms with E-state index in [1.54, 1.807) is 0 Å². The molecule has 2 heterocycles. The smallest absolute Gasteiger partial charge is 0.0166 e. The molecule has 2 nitrogen and oxygen atoms in total. The Hall–Kier alpha value is -0.340. The summed E-state index contributed by atoms with van der Waals surface area (Å²) in [5, 5.41) is 3.60. The second-order valence-electron chi connectivity index (χ2n) is 4.60. The maximum atomic E-state index is 3.85. The van der Waals surface area contributed by atoms with Gasteiger partial charge in [-0.25, -0.2) is 0 Å². The maximum Gasteiger partial charge on any atom is 0.0166 e. The van der Waals surface area contributed by atoms with Crippen LogP contribution >= 0.6 is 0 Å². The summed E-state index contributed by atoms with van der Waals surface area (Å²) in [6.07, 6.45) is 7.55. The first kappa shape index (κ1) is 10.2. The van der Waals surface area contributed by atoms with Crippen molar-refractivity contribution in [3.8, 4) is 0 Å². The predicted molar refractivity (Wildman–Crippen MR) is 60.4 cm³/mol. The molecular weight excluding hydrogens is 172 g/mol. The fraction of sp³-hybridized carbons (Fsp3) is 0.833. The van der Waals surface area contributed by atoms with E-state index in [1.165, 1.54) is 25.7 Å². The second kappa shape index (κ2) is 4.45. The summed E-state index contributed by atoms with van der Waals surface area (Å²) in [7, 11) is 0. The van der Waals surface area contributed by atoms with Crippen LogP contribution in [-0.4, -0.2) is 36.1 Å². The Balaban J connectivity index is 1.94. The van der Waals surface area contributed by atoms with Crippen molar-refractivity contribution in [2.24, 2.45) is 0 Å². The normalized spacial score (nSPS) is 37.4. The zero-order chi connectivity index (χ0) is 9.97. The average Bonchev–Trinajstić information content (AvgIpc) is 2.44. The third-order valence-electron chi connectivity index (χ3n) is 3.72. The Bertz CT molecular complexity index is 188. The van der Waals surface area contributed by atoms with Gasteiger partial charge in [-0.2, -0.15) is 0 Å². The van der Waals surface area contributed by atoms with Crippen molar-refractivity contribution < 1.29 is 0 Å². The van der Waals surface area contributed by atoms with Gasteiger partial charge in [0.15, 0.2) is 0 Å². The first-order chi connectivity index (χ1) is 6.85. The molecule has 0 saturated carbocycles. The van der Waals surface area contributed by atoms with E-state index < -0.39 is 0 Å². The van der Waals surface area contributed by atoms with Gasteiger partial charge in [-0.3, -0.25) is 4.90 Å². The van der Waals surface area contributed by atoms with Crippen LogP contribution < -0.4 is 5.32 Å². The fourth-order valence-electron chi connectivity index (χ4n) is 3.18. The van der Waals surface area contributed by atoms with Gasteiger partial charge in [0.1, 0.15) is 0 Å². The Morgan fingerprint density at radius 2 is 2.00 bits per heavy atom. The Kier molecular flexibility index (Phi) is 3.24. The molecule has 2 rings (SSSR count). The Labute approximate surface area is 87.4 Å². The summed E-state index contributed by atoms with van der Waals surface area (Å²) < 4.78 is 0. The molecule has 2 saturated heterocycles. The summed E-state index contributed by atoms with van der Waals surface area (Å²) in [4.78, 5) is 2.65. The largest absolute Gasteiger partial charge is 0.314 e. The number of hydrogen-bond acceptors (Lipinski definition) is 2. The van der Waals surface area contributed by atoms with Crippen LogP contribution in [0.15, 0.2) is 12.7 Å². The van der Waals surface area contributed by atoms with Crippen molar-refractivity contribution >= 4 is 0 Å². The average molecular weight is 194 g/mol. The van der Waals surface area contributed by atoms with Gasteiger partial charge in [-0.1, -0.05) is 13.0 Å². The van der Waals surface area contributed by atoms with Crippen molar-refractivity contribution in [1.29, 1.82) is 0 Å². The monoisotopic (exact) mass is 194 g/mol. The number of rotatable bonds is 4. The third-order valence-corrected chi connectivity index (χ3v) is 3.72. The Morgan fingerprint density at radius 1 is 1.36 bits per heavy atom. The molecule has 0 aromatic rings. The zero-order valence-electron chi connectivity index (χ0n) is 9.21. The van der Waals surface area contributed by atoms with Crippen LogP contribution in [0.1, 0.15) is 32.6 Å². The SMILES string of the molecule is C=CCN1C2CCC1CC(NCC)C2. The first-order valence-corrected chi connectivity index (χ1v) is 5.95. The van der Waals surface area contributed by atoms with E-state index in [1.807, 2.05) is 0 Å². The van der Waals surface area contributed by atoms with Crippen LogP contribution in [-0.2, 0) is 0 Å². The minimum absolute atomic E-state index is 0.776. The molecule has 2 aliphatic heterocycles. The van der Waals surface area contributed by atoms with Crippen LogP contribution in [0.4, 0.5) is 0 Å². The first-order valence-electron chi connectivity index (χ1n) is 5.95. The minimum Gasteiger partial charge on any atom is -0.314 e. The number of hydrogen-bond donors (Lipinski definition) is 1. The van der Waals surface area contributed by atoms with E-state index in [0.29, 0.717) is 0 Å². The topological polar surface area (TPSA) is 15.3 Å². The number of piperidine rings is 1. The highest BCUT2D eigenvalue weighted by atomic mass is 15.2. The number of fused-ring (bicyclic) bond motifs is 2. The molecule has 0 aromatic carbocycles. The van der Waals surface area contributed by atoms with Gasteiger partial charge in [0, 0.05) is 24.7 Å². The van der Waals surface area contributed by atoms with Gasteiger partial charge in [0.2, 0.25) is 0 Å². The summed E-state index contributed by atoms with van der Waals surface area (Å²) in [6, 6.07) is 2.44. The summed E-state index contributed by atoms with van der Waals surface area (Å²) in [5.74, 6) is 0.